The van der Waals surface area contributed by atoms with Crippen LogP contribution in [0.2, 0.25) is 0 Å². The Morgan fingerprint density at radius 2 is 0.225 bits per heavy atom. The molecule has 676 valence electrons. The highest BCUT2D eigenvalue weighted by Gasteiger charge is 2.26. The second-order valence-electron chi connectivity index (χ2n) is 34.6. The molecule has 0 aliphatic carbocycles. The maximum atomic E-state index is 2.42. The lowest BCUT2D eigenvalue weighted by molar-refractivity contribution is 1.28. The summed E-state index contributed by atoms with van der Waals surface area (Å²) in [6.07, 6.45) is 0. The number of rotatable bonds is 23. The van der Waals surface area contributed by atoms with Crippen molar-refractivity contribution < 1.29 is 0 Å². The normalized spacial score (nSPS) is 10.7. The maximum absolute atomic E-state index is 2.42. The van der Waals surface area contributed by atoms with E-state index in [-0.39, 0.29) is 0 Å². The van der Waals surface area contributed by atoms with Gasteiger partial charge in [-0.25, -0.2) is 0 Å². The van der Waals surface area contributed by atoms with Gasteiger partial charge in [0.2, 0.25) is 0 Å². The van der Waals surface area contributed by atoms with Crippen molar-refractivity contribution in [2.45, 2.75) is 0 Å². The van der Waals surface area contributed by atoms with Gasteiger partial charge >= 0.3 is 0 Å². The monoisotopic (exact) mass is 1820 g/mol. The van der Waals surface area contributed by atoms with Gasteiger partial charge in [-0.1, -0.05) is 522 Å². The molecule has 0 unspecified atom stereocenters. The largest absolute Gasteiger partial charge is 0.311 e. The first-order chi connectivity index (χ1) is 70.5. The molecule has 0 spiro atoms. The summed E-state index contributed by atoms with van der Waals surface area (Å²) in [6.45, 7) is 0. The molecule has 0 amide bonds. The summed E-state index contributed by atoms with van der Waals surface area (Å²) >= 11 is 0. The van der Waals surface area contributed by atoms with Crippen LogP contribution in [0.1, 0.15) is 0 Å². The Hall–Kier alpha value is -18.7. The fraction of sp³-hybridized carbons (Fsp3) is 0. The van der Waals surface area contributed by atoms with Crippen molar-refractivity contribution in [1.82, 2.24) is 0 Å². The lowest BCUT2D eigenvalue weighted by Gasteiger charge is -2.31. The van der Waals surface area contributed by atoms with E-state index in [0.717, 1.165) is 68.2 Å². The summed E-state index contributed by atoms with van der Waals surface area (Å²) < 4.78 is 0. The zero-order valence-corrected chi connectivity index (χ0v) is 78.8. The van der Waals surface area contributed by atoms with Crippen LogP contribution in [0.25, 0.3) is 122 Å². The first-order valence-electron chi connectivity index (χ1n) is 48.4. The zero-order chi connectivity index (χ0) is 95.5. The first-order valence-corrected chi connectivity index (χ1v) is 48.4. The Kier molecular flexibility index (Phi) is 29.0. The molecule has 0 atom stereocenters. The molecular formula is C138H104N4. The number of nitrogens with zero attached hydrogens (tertiary/aromatic N) is 4. The highest BCUT2D eigenvalue weighted by atomic mass is 15.2. The molecule has 4 nitrogen and oxygen atoms in total. The van der Waals surface area contributed by atoms with Gasteiger partial charge < -0.3 is 19.6 Å². The standard InChI is InChI=1S/3C36H27N.C30H23N/c1-4-16-28(17-5-1)31-22-10-13-25-34(31)37(35-26-14-11-23-32(35)29-18-6-2-7-19-29)36-27-15-12-24-33(36)30-20-8-3-9-21-30;1-4-15-28(16-5-1)31-21-14-22-32(27-31)37(35-25-12-10-23-33(35)29-17-6-2-7-18-29)36-26-13-11-24-34(36)30-19-8-3-9-20-30;1-4-14-28(15-5-1)31-20-12-22-33(26-31)37(34-23-13-21-32(27-34)29-16-6-2-7-17-29)36-25-11-10-24-35(36)30-18-8-3-9-19-30;1-4-10-24(11-5-1)26-16-20-29(21-17-26)31(28-14-8-3-9-15-28)30-22-18-27(19-23-30)25-12-6-2-7-13-25/h3*1-27H;1-23H. The van der Waals surface area contributed by atoms with Crippen molar-refractivity contribution >= 4 is 68.2 Å². The molecule has 23 aromatic rings. The summed E-state index contributed by atoms with van der Waals surface area (Å²) in [5, 5.41) is 0. The van der Waals surface area contributed by atoms with Crippen molar-refractivity contribution in [2.75, 3.05) is 19.6 Å². The SMILES string of the molecule is c1ccc(-c2ccc(N(c3ccccc3)c3ccc(-c4ccccc4)cc3)cc2)cc1.c1ccc(-c2cccc(N(c3cccc(-c4ccccc4)c3)c3ccccc3-c3ccccc3)c2)cc1.c1ccc(-c2cccc(N(c3ccccc3-c3ccccc3)c3ccccc3-c3ccccc3)c2)cc1.c1ccc(-c2ccccc2N(c2ccccc2-c2ccccc2)c2ccccc2-c2ccccc2)cc1. The fourth-order valence-electron chi connectivity index (χ4n) is 18.7. The molecule has 142 heavy (non-hydrogen) atoms. The van der Waals surface area contributed by atoms with Gasteiger partial charge in [0.1, 0.15) is 0 Å². The van der Waals surface area contributed by atoms with Crippen LogP contribution < -0.4 is 19.6 Å². The van der Waals surface area contributed by atoms with Gasteiger partial charge in [0.05, 0.1) is 34.1 Å². The van der Waals surface area contributed by atoms with Crippen LogP contribution in [-0.4, -0.2) is 0 Å². The van der Waals surface area contributed by atoms with E-state index < -0.39 is 0 Å². The molecule has 0 N–H and O–H groups in total. The summed E-state index contributed by atoms with van der Waals surface area (Å²) in [5.74, 6) is 0. The summed E-state index contributed by atoms with van der Waals surface area (Å²) in [5.41, 5.74) is 40.0. The van der Waals surface area contributed by atoms with E-state index in [1.807, 2.05) is 12.1 Å². The van der Waals surface area contributed by atoms with Crippen molar-refractivity contribution in [2.24, 2.45) is 0 Å². The van der Waals surface area contributed by atoms with Crippen LogP contribution in [0.5, 0.6) is 0 Å². The number of hydrogen-bond donors (Lipinski definition) is 0. The van der Waals surface area contributed by atoms with E-state index in [0.29, 0.717) is 0 Å². The molecule has 23 aromatic carbocycles. The Balaban J connectivity index is 0.000000116. The maximum Gasteiger partial charge on any atom is 0.0540 e. The van der Waals surface area contributed by atoms with Crippen molar-refractivity contribution in [3.63, 3.8) is 0 Å². The Morgan fingerprint density at radius 3 is 0.458 bits per heavy atom. The van der Waals surface area contributed by atoms with E-state index in [4.69, 9.17) is 0 Å². The minimum absolute atomic E-state index is 1.12. The number of hydrogen-bond acceptors (Lipinski definition) is 4. The predicted octanol–water partition coefficient (Wildman–Crippen LogP) is 39.0. The average molecular weight is 1820 g/mol. The van der Waals surface area contributed by atoms with E-state index in [2.05, 4.69) is 638 Å². The molecule has 0 saturated carbocycles. The van der Waals surface area contributed by atoms with E-state index in [1.54, 1.807) is 0 Å². The second kappa shape index (κ2) is 45.3. The van der Waals surface area contributed by atoms with Crippen molar-refractivity contribution in [1.29, 1.82) is 0 Å². The van der Waals surface area contributed by atoms with Crippen molar-refractivity contribution in [3.05, 3.63) is 631 Å². The Labute approximate surface area is 835 Å². The molecule has 0 bridgehead atoms. The number of para-hydroxylation sites is 7. The van der Waals surface area contributed by atoms with E-state index in [1.165, 1.54) is 122 Å². The summed E-state index contributed by atoms with van der Waals surface area (Å²) in [7, 11) is 0. The lowest BCUT2D eigenvalue weighted by Crippen LogP contribution is -2.13. The molecule has 0 radical (unpaired) electrons. The molecule has 4 heteroatoms. The molecule has 0 heterocycles. The van der Waals surface area contributed by atoms with Crippen LogP contribution in [0.4, 0.5) is 68.2 Å². The van der Waals surface area contributed by atoms with Crippen LogP contribution in [-0.2, 0) is 0 Å². The van der Waals surface area contributed by atoms with Crippen LogP contribution in [0.15, 0.2) is 631 Å². The molecule has 0 aromatic heterocycles. The third-order valence-electron chi connectivity index (χ3n) is 25.5. The van der Waals surface area contributed by atoms with E-state index in [9.17, 15) is 0 Å². The third-order valence-corrected chi connectivity index (χ3v) is 25.5. The lowest BCUT2D eigenvalue weighted by atomic mass is 9.96. The Morgan fingerprint density at radius 1 is 0.0775 bits per heavy atom. The fourth-order valence-corrected chi connectivity index (χ4v) is 18.7. The Bertz CT molecular complexity index is 7500. The third kappa shape index (κ3) is 21.6. The van der Waals surface area contributed by atoms with Gasteiger partial charge in [-0.05, 0) is 198 Å². The number of anilines is 12. The minimum Gasteiger partial charge on any atom is -0.311 e. The highest BCUT2D eigenvalue weighted by molar-refractivity contribution is 5.99. The predicted molar refractivity (Wildman–Crippen MR) is 604 cm³/mol. The molecule has 0 saturated heterocycles. The smallest absolute Gasteiger partial charge is 0.0540 e. The van der Waals surface area contributed by atoms with Crippen molar-refractivity contribution in [3.8, 4) is 122 Å². The topological polar surface area (TPSA) is 13.0 Å². The number of benzene rings is 23. The quantitative estimate of drug-likeness (QED) is 0.0633. The van der Waals surface area contributed by atoms with Gasteiger partial charge in [0.15, 0.2) is 0 Å². The molecular weight excluding hydrogens is 1710 g/mol. The van der Waals surface area contributed by atoms with Crippen LogP contribution >= 0.6 is 0 Å². The second-order valence-corrected chi connectivity index (χ2v) is 34.6. The highest BCUT2D eigenvalue weighted by Crippen LogP contribution is 2.51. The minimum atomic E-state index is 1.12. The average Bonchev–Trinajstić information content (AvgIpc) is 0.753. The zero-order valence-electron chi connectivity index (χ0n) is 78.8. The summed E-state index contributed by atoms with van der Waals surface area (Å²) in [6, 6.07) is 223. The van der Waals surface area contributed by atoms with Gasteiger partial charge in [-0.2, -0.15) is 0 Å². The first kappa shape index (κ1) is 91.0. The van der Waals surface area contributed by atoms with Gasteiger partial charge in [-0.3, -0.25) is 0 Å². The molecule has 23 rings (SSSR count). The van der Waals surface area contributed by atoms with Crippen LogP contribution in [0, 0.1) is 0 Å². The summed E-state index contributed by atoms with van der Waals surface area (Å²) in [4.78, 5) is 9.49. The van der Waals surface area contributed by atoms with Gasteiger partial charge in [0.25, 0.3) is 0 Å². The van der Waals surface area contributed by atoms with Gasteiger partial charge in [0, 0.05) is 67.5 Å². The molecule has 0 aliphatic heterocycles. The molecule has 0 aliphatic rings. The molecule has 0 fully saturated rings. The van der Waals surface area contributed by atoms with Crippen LogP contribution in [0.3, 0.4) is 0 Å². The van der Waals surface area contributed by atoms with E-state index >= 15 is 0 Å². The van der Waals surface area contributed by atoms with Gasteiger partial charge in [-0.15, -0.1) is 0 Å².